The van der Waals surface area contributed by atoms with E-state index < -0.39 is 10.0 Å². The van der Waals surface area contributed by atoms with Gasteiger partial charge in [0.25, 0.3) is 10.0 Å². The van der Waals surface area contributed by atoms with E-state index in [1.54, 1.807) is 10.8 Å². The Bertz CT molecular complexity index is 783. The first-order valence-electron chi connectivity index (χ1n) is 7.67. The lowest BCUT2D eigenvalue weighted by atomic mass is 9.99. The fourth-order valence-electron chi connectivity index (χ4n) is 2.56. The Morgan fingerprint density at radius 2 is 2.09 bits per heavy atom. The van der Waals surface area contributed by atoms with Crippen LogP contribution in [0.25, 0.3) is 0 Å². The average molecular weight is 335 g/mol. The Kier molecular flexibility index (Phi) is 4.52. The van der Waals surface area contributed by atoms with Crippen LogP contribution in [0, 0.1) is 0 Å². The van der Waals surface area contributed by atoms with Gasteiger partial charge in [0.15, 0.2) is 5.03 Å². The Morgan fingerprint density at radius 3 is 2.78 bits per heavy atom. The summed E-state index contributed by atoms with van der Waals surface area (Å²) in [7, 11) is -3.61. The number of benzene rings is 1. The summed E-state index contributed by atoms with van der Waals surface area (Å²) in [6.45, 7) is 4.70. The summed E-state index contributed by atoms with van der Waals surface area (Å²) in [5.74, 6) is 0. The van der Waals surface area contributed by atoms with Gasteiger partial charge in [-0.15, -0.1) is 0 Å². The maximum atomic E-state index is 12.3. The molecule has 1 aromatic carbocycles. The Balaban J connectivity index is 1.63. The summed E-state index contributed by atoms with van der Waals surface area (Å²) in [6.07, 6.45) is 3.63. The van der Waals surface area contributed by atoms with Crippen LogP contribution in [0.1, 0.15) is 31.0 Å². The lowest BCUT2D eigenvalue weighted by Gasteiger charge is -2.25. The number of hydrogen-bond donors (Lipinski definition) is 1. The van der Waals surface area contributed by atoms with E-state index in [-0.39, 0.29) is 23.7 Å². The largest absolute Gasteiger partial charge is 0.372 e. The minimum absolute atomic E-state index is 0.0439. The van der Waals surface area contributed by atoms with Crippen molar-refractivity contribution in [1.82, 2.24) is 14.3 Å². The van der Waals surface area contributed by atoms with E-state index in [9.17, 15) is 8.42 Å². The molecule has 0 saturated heterocycles. The molecule has 1 aromatic heterocycles. The standard InChI is InChI=1S/C16H21N3O3S/c1-12(2)19-9-16(17-11-19)23(20,21)18-8-15-7-13-5-3-4-6-14(13)10-22-15/h3-6,9,11-12,15,18H,7-8,10H2,1-2H3/t15-/m1/s1. The maximum absolute atomic E-state index is 12.3. The number of nitrogens with one attached hydrogen (secondary N) is 1. The van der Waals surface area contributed by atoms with Crippen LogP contribution in [0.15, 0.2) is 41.8 Å². The number of fused-ring (bicyclic) bond motifs is 1. The second kappa shape index (κ2) is 6.43. The predicted octanol–water partition coefficient (Wildman–Crippen LogP) is 1.88. The first-order valence-corrected chi connectivity index (χ1v) is 9.15. The maximum Gasteiger partial charge on any atom is 0.259 e. The minimum atomic E-state index is -3.61. The average Bonchev–Trinajstić information content (AvgIpc) is 3.04. The number of hydrogen-bond acceptors (Lipinski definition) is 4. The quantitative estimate of drug-likeness (QED) is 0.905. The highest BCUT2D eigenvalue weighted by Crippen LogP contribution is 2.20. The monoisotopic (exact) mass is 335 g/mol. The second-order valence-corrected chi connectivity index (χ2v) is 7.72. The van der Waals surface area contributed by atoms with Gasteiger partial charge in [0, 0.05) is 25.2 Å². The summed E-state index contributed by atoms with van der Waals surface area (Å²) in [4.78, 5) is 3.98. The number of ether oxygens (including phenoxy) is 1. The molecule has 0 radical (unpaired) electrons. The molecular weight excluding hydrogens is 314 g/mol. The lowest BCUT2D eigenvalue weighted by molar-refractivity contribution is 0.0322. The van der Waals surface area contributed by atoms with Crippen molar-refractivity contribution in [1.29, 1.82) is 0 Å². The topological polar surface area (TPSA) is 73.2 Å². The van der Waals surface area contributed by atoms with Gasteiger partial charge in [-0.25, -0.2) is 18.1 Å². The summed E-state index contributed by atoms with van der Waals surface area (Å²) < 4.78 is 34.7. The van der Waals surface area contributed by atoms with Crippen molar-refractivity contribution in [3.63, 3.8) is 0 Å². The van der Waals surface area contributed by atoms with Crippen molar-refractivity contribution in [3.05, 3.63) is 47.9 Å². The summed E-state index contributed by atoms with van der Waals surface area (Å²) in [5.41, 5.74) is 2.38. The number of aromatic nitrogens is 2. The van der Waals surface area contributed by atoms with Crippen molar-refractivity contribution in [2.75, 3.05) is 6.54 Å². The third-order valence-corrected chi connectivity index (χ3v) is 5.30. The Morgan fingerprint density at radius 1 is 1.35 bits per heavy atom. The van der Waals surface area contributed by atoms with Crippen LogP contribution in [-0.4, -0.2) is 30.6 Å². The zero-order valence-electron chi connectivity index (χ0n) is 13.3. The summed E-state index contributed by atoms with van der Waals surface area (Å²) in [5, 5.41) is 0.0439. The molecule has 0 aliphatic carbocycles. The predicted molar refractivity (Wildman–Crippen MR) is 86.5 cm³/mol. The Labute approximate surface area is 136 Å². The number of imidazole rings is 1. The van der Waals surface area contributed by atoms with Crippen LogP contribution in [0.5, 0.6) is 0 Å². The molecule has 7 heteroatoms. The summed E-state index contributed by atoms with van der Waals surface area (Å²) >= 11 is 0. The van der Waals surface area contributed by atoms with Gasteiger partial charge >= 0.3 is 0 Å². The normalized spacial score (nSPS) is 18.1. The third-order valence-electron chi connectivity index (χ3n) is 3.99. The molecule has 6 nitrogen and oxygen atoms in total. The molecule has 0 saturated carbocycles. The molecule has 0 amide bonds. The molecule has 2 aromatic rings. The van der Waals surface area contributed by atoms with Gasteiger partial charge in [0.1, 0.15) is 0 Å². The summed E-state index contributed by atoms with van der Waals surface area (Å²) in [6, 6.07) is 8.24. The van der Waals surface area contributed by atoms with Crippen LogP contribution in [-0.2, 0) is 27.8 Å². The van der Waals surface area contributed by atoms with E-state index in [1.807, 2.05) is 32.0 Å². The highest BCUT2D eigenvalue weighted by molar-refractivity contribution is 7.89. The molecule has 1 atom stereocenters. The van der Waals surface area contributed by atoms with Gasteiger partial charge in [0.2, 0.25) is 0 Å². The van der Waals surface area contributed by atoms with Gasteiger partial charge in [0.05, 0.1) is 19.0 Å². The van der Waals surface area contributed by atoms with E-state index in [0.29, 0.717) is 13.0 Å². The molecule has 23 heavy (non-hydrogen) atoms. The number of nitrogens with zero attached hydrogens (tertiary/aromatic N) is 2. The molecule has 2 heterocycles. The molecular formula is C16H21N3O3S. The van der Waals surface area contributed by atoms with Crippen molar-refractivity contribution < 1.29 is 13.2 Å². The van der Waals surface area contributed by atoms with Crippen LogP contribution in [0.4, 0.5) is 0 Å². The second-order valence-electron chi connectivity index (χ2n) is 6.01. The fraction of sp³-hybridized carbons (Fsp3) is 0.438. The SMILES string of the molecule is CC(C)n1cnc(S(=O)(=O)NC[C@H]2Cc3ccccc3CO2)c1. The van der Waals surface area contributed by atoms with Crippen molar-refractivity contribution in [2.24, 2.45) is 0 Å². The third kappa shape index (κ3) is 3.63. The first-order chi connectivity index (χ1) is 11.0. The highest BCUT2D eigenvalue weighted by Gasteiger charge is 2.23. The zero-order chi connectivity index (χ0) is 16.4. The molecule has 1 aliphatic heterocycles. The lowest BCUT2D eigenvalue weighted by Crippen LogP contribution is -2.36. The van der Waals surface area contributed by atoms with Crippen LogP contribution in [0.3, 0.4) is 0 Å². The van der Waals surface area contributed by atoms with E-state index in [0.717, 1.165) is 0 Å². The van der Waals surface area contributed by atoms with Gasteiger partial charge in [-0.1, -0.05) is 24.3 Å². The van der Waals surface area contributed by atoms with Gasteiger partial charge in [-0.05, 0) is 25.0 Å². The van der Waals surface area contributed by atoms with E-state index in [1.165, 1.54) is 17.5 Å². The van der Waals surface area contributed by atoms with Crippen LogP contribution in [0.2, 0.25) is 0 Å². The fourth-order valence-corrected chi connectivity index (χ4v) is 3.56. The molecule has 3 rings (SSSR count). The molecule has 1 aliphatic rings. The van der Waals surface area contributed by atoms with E-state index in [4.69, 9.17) is 4.74 Å². The van der Waals surface area contributed by atoms with Crippen LogP contribution >= 0.6 is 0 Å². The molecule has 0 bridgehead atoms. The van der Waals surface area contributed by atoms with Gasteiger partial charge < -0.3 is 9.30 Å². The zero-order valence-corrected chi connectivity index (χ0v) is 14.1. The van der Waals surface area contributed by atoms with Crippen molar-refractivity contribution >= 4 is 10.0 Å². The van der Waals surface area contributed by atoms with Crippen LogP contribution < -0.4 is 4.72 Å². The van der Waals surface area contributed by atoms with Crippen molar-refractivity contribution in [3.8, 4) is 0 Å². The number of sulfonamides is 1. The minimum Gasteiger partial charge on any atom is -0.372 e. The van der Waals surface area contributed by atoms with E-state index in [2.05, 4.69) is 15.8 Å². The smallest absolute Gasteiger partial charge is 0.259 e. The van der Waals surface area contributed by atoms with Gasteiger partial charge in [-0.2, -0.15) is 0 Å². The number of rotatable bonds is 5. The van der Waals surface area contributed by atoms with Crippen molar-refractivity contribution in [2.45, 2.75) is 44.0 Å². The Hall–Kier alpha value is -1.70. The molecule has 0 fully saturated rings. The molecule has 1 N–H and O–H groups in total. The molecule has 0 unspecified atom stereocenters. The first kappa shape index (κ1) is 16.2. The molecule has 0 spiro atoms. The highest BCUT2D eigenvalue weighted by atomic mass is 32.2. The van der Waals surface area contributed by atoms with E-state index >= 15 is 0 Å². The van der Waals surface area contributed by atoms with Gasteiger partial charge in [-0.3, -0.25) is 0 Å². The molecule has 124 valence electrons.